The predicted molar refractivity (Wildman–Crippen MR) is 78.0 cm³/mol. The van der Waals surface area contributed by atoms with E-state index >= 15 is 0 Å². The molecule has 2 aliphatic rings. The van der Waals surface area contributed by atoms with Gasteiger partial charge in [0, 0.05) is 0 Å². The van der Waals surface area contributed by atoms with Gasteiger partial charge in [0.25, 0.3) is 0 Å². The number of aliphatic hydroxyl groups excluding tert-OH is 1. The number of fused-ring (bicyclic) bond motifs is 2. The highest BCUT2D eigenvalue weighted by Crippen LogP contribution is 2.59. The largest absolute Gasteiger partial charge is 0.392 e. The average molecular weight is 252 g/mol. The summed E-state index contributed by atoms with van der Waals surface area (Å²) < 4.78 is 0. The first kappa shape index (κ1) is 11.5. The van der Waals surface area contributed by atoms with Crippen LogP contribution in [0.25, 0.3) is 10.8 Å². The van der Waals surface area contributed by atoms with E-state index in [1.165, 1.54) is 35.6 Å². The SMILES string of the molecule is OC(Cc1cccc2ccccc12)C1C2CCCC21. The molecular formula is C18H20O. The molecule has 2 saturated carbocycles. The van der Waals surface area contributed by atoms with Crippen LogP contribution in [0.15, 0.2) is 42.5 Å². The lowest BCUT2D eigenvalue weighted by atomic mass is 9.96. The fourth-order valence-electron chi connectivity index (χ4n) is 4.28. The molecule has 2 aromatic carbocycles. The molecule has 2 fully saturated rings. The molecular weight excluding hydrogens is 232 g/mol. The minimum absolute atomic E-state index is 0.138. The van der Waals surface area contributed by atoms with E-state index in [4.69, 9.17) is 0 Å². The standard InChI is InChI=1S/C18H20O/c19-17(18-15-9-4-10-16(15)18)11-13-7-3-6-12-5-1-2-8-14(12)13/h1-3,5-8,15-19H,4,9-11H2. The van der Waals surface area contributed by atoms with E-state index in [0.29, 0.717) is 5.92 Å². The molecule has 3 atom stereocenters. The molecule has 0 bridgehead atoms. The van der Waals surface area contributed by atoms with Crippen LogP contribution in [0.4, 0.5) is 0 Å². The van der Waals surface area contributed by atoms with Gasteiger partial charge < -0.3 is 5.11 Å². The summed E-state index contributed by atoms with van der Waals surface area (Å²) in [6.07, 6.45) is 4.76. The van der Waals surface area contributed by atoms with Gasteiger partial charge >= 0.3 is 0 Å². The molecule has 0 radical (unpaired) electrons. The second kappa shape index (κ2) is 4.35. The lowest BCUT2D eigenvalue weighted by Gasteiger charge is -2.14. The smallest absolute Gasteiger partial charge is 0.0614 e. The van der Waals surface area contributed by atoms with E-state index in [1.54, 1.807) is 0 Å². The molecule has 4 rings (SSSR count). The Morgan fingerprint density at radius 3 is 2.58 bits per heavy atom. The Bertz CT molecular complexity index is 588. The minimum atomic E-state index is -0.138. The van der Waals surface area contributed by atoms with Crippen molar-refractivity contribution in [3.8, 4) is 0 Å². The Morgan fingerprint density at radius 1 is 1.00 bits per heavy atom. The van der Waals surface area contributed by atoms with Crippen LogP contribution in [-0.4, -0.2) is 11.2 Å². The highest BCUT2D eigenvalue weighted by Gasteiger charge is 2.55. The summed E-state index contributed by atoms with van der Waals surface area (Å²) in [7, 11) is 0. The summed E-state index contributed by atoms with van der Waals surface area (Å²) >= 11 is 0. The summed E-state index contributed by atoms with van der Waals surface area (Å²) in [6.45, 7) is 0. The van der Waals surface area contributed by atoms with Gasteiger partial charge in [0.15, 0.2) is 0 Å². The first-order valence-electron chi connectivity index (χ1n) is 7.49. The summed E-state index contributed by atoms with van der Waals surface area (Å²) in [5.74, 6) is 2.27. The Hall–Kier alpha value is -1.34. The molecule has 98 valence electrons. The molecule has 0 aliphatic heterocycles. The lowest BCUT2D eigenvalue weighted by Crippen LogP contribution is -2.16. The topological polar surface area (TPSA) is 20.2 Å². The fourth-order valence-corrected chi connectivity index (χ4v) is 4.28. The molecule has 3 unspecified atom stereocenters. The van der Waals surface area contributed by atoms with Crippen molar-refractivity contribution in [3.05, 3.63) is 48.0 Å². The van der Waals surface area contributed by atoms with Crippen molar-refractivity contribution in [3.63, 3.8) is 0 Å². The summed E-state index contributed by atoms with van der Waals surface area (Å²) in [6, 6.07) is 14.9. The first-order valence-corrected chi connectivity index (χ1v) is 7.49. The molecule has 0 heterocycles. The summed E-state index contributed by atoms with van der Waals surface area (Å²) in [5, 5.41) is 13.1. The van der Waals surface area contributed by atoms with Crippen LogP contribution in [0.1, 0.15) is 24.8 Å². The van der Waals surface area contributed by atoms with Crippen LogP contribution in [-0.2, 0) is 6.42 Å². The Labute approximate surface area is 114 Å². The van der Waals surface area contributed by atoms with Crippen LogP contribution in [0.5, 0.6) is 0 Å². The van der Waals surface area contributed by atoms with E-state index in [0.717, 1.165) is 18.3 Å². The molecule has 2 aromatic rings. The lowest BCUT2D eigenvalue weighted by molar-refractivity contribution is 0.136. The van der Waals surface area contributed by atoms with Gasteiger partial charge in [0.1, 0.15) is 0 Å². The monoisotopic (exact) mass is 252 g/mol. The number of aliphatic hydroxyl groups is 1. The van der Waals surface area contributed by atoms with E-state index in [9.17, 15) is 5.11 Å². The fraction of sp³-hybridized carbons (Fsp3) is 0.444. The second-order valence-corrected chi connectivity index (χ2v) is 6.25. The van der Waals surface area contributed by atoms with Gasteiger partial charge in [-0.2, -0.15) is 0 Å². The first-order chi connectivity index (χ1) is 9.34. The Kier molecular flexibility index (Phi) is 2.63. The molecule has 0 saturated heterocycles. The van der Waals surface area contributed by atoms with Crippen molar-refractivity contribution in [1.82, 2.24) is 0 Å². The van der Waals surface area contributed by atoms with Gasteiger partial charge in [0.2, 0.25) is 0 Å². The van der Waals surface area contributed by atoms with E-state index in [-0.39, 0.29) is 6.10 Å². The number of hydrogen-bond donors (Lipinski definition) is 1. The molecule has 19 heavy (non-hydrogen) atoms. The van der Waals surface area contributed by atoms with Gasteiger partial charge in [-0.1, -0.05) is 48.9 Å². The molecule has 0 spiro atoms. The van der Waals surface area contributed by atoms with E-state index in [2.05, 4.69) is 42.5 Å². The zero-order valence-electron chi connectivity index (χ0n) is 11.1. The van der Waals surface area contributed by atoms with Gasteiger partial charge in [-0.3, -0.25) is 0 Å². The van der Waals surface area contributed by atoms with Crippen molar-refractivity contribution >= 4 is 10.8 Å². The third-order valence-electron chi connectivity index (χ3n) is 5.23. The summed E-state index contributed by atoms with van der Waals surface area (Å²) in [4.78, 5) is 0. The van der Waals surface area contributed by atoms with E-state index in [1.807, 2.05) is 0 Å². The minimum Gasteiger partial charge on any atom is -0.392 e. The molecule has 0 aromatic heterocycles. The van der Waals surface area contributed by atoms with Crippen LogP contribution < -0.4 is 0 Å². The normalized spacial score (nSPS) is 30.3. The molecule has 1 nitrogen and oxygen atoms in total. The van der Waals surface area contributed by atoms with Crippen molar-refractivity contribution in [2.45, 2.75) is 31.8 Å². The van der Waals surface area contributed by atoms with Crippen LogP contribution in [0.2, 0.25) is 0 Å². The maximum Gasteiger partial charge on any atom is 0.0614 e. The Balaban J connectivity index is 1.58. The van der Waals surface area contributed by atoms with Crippen LogP contribution in [0.3, 0.4) is 0 Å². The van der Waals surface area contributed by atoms with Gasteiger partial charge in [-0.05, 0) is 53.4 Å². The highest BCUT2D eigenvalue weighted by molar-refractivity contribution is 5.85. The maximum absolute atomic E-state index is 10.5. The average Bonchev–Trinajstić information content (AvgIpc) is 2.93. The number of hydrogen-bond acceptors (Lipinski definition) is 1. The van der Waals surface area contributed by atoms with E-state index < -0.39 is 0 Å². The number of rotatable bonds is 3. The van der Waals surface area contributed by atoms with Gasteiger partial charge in [0.05, 0.1) is 6.10 Å². The quantitative estimate of drug-likeness (QED) is 0.881. The number of benzene rings is 2. The van der Waals surface area contributed by atoms with Crippen molar-refractivity contribution in [2.24, 2.45) is 17.8 Å². The molecule has 1 heteroatoms. The van der Waals surface area contributed by atoms with Crippen molar-refractivity contribution < 1.29 is 5.11 Å². The Morgan fingerprint density at radius 2 is 1.74 bits per heavy atom. The zero-order valence-corrected chi connectivity index (χ0v) is 11.1. The summed E-state index contributed by atoms with van der Waals surface area (Å²) in [5.41, 5.74) is 1.30. The third kappa shape index (κ3) is 1.88. The van der Waals surface area contributed by atoms with Gasteiger partial charge in [-0.15, -0.1) is 0 Å². The van der Waals surface area contributed by atoms with Crippen molar-refractivity contribution in [2.75, 3.05) is 0 Å². The molecule has 2 aliphatic carbocycles. The zero-order chi connectivity index (χ0) is 12.8. The maximum atomic E-state index is 10.5. The highest BCUT2D eigenvalue weighted by atomic mass is 16.3. The van der Waals surface area contributed by atoms with Crippen molar-refractivity contribution in [1.29, 1.82) is 0 Å². The molecule has 0 amide bonds. The molecule has 1 N–H and O–H groups in total. The second-order valence-electron chi connectivity index (χ2n) is 6.25. The third-order valence-corrected chi connectivity index (χ3v) is 5.23. The van der Waals surface area contributed by atoms with Crippen LogP contribution >= 0.6 is 0 Å². The van der Waals surface area contributed by atoms with Crippen LogP contribution in [0, 0.1) is 17.8 Å². The van der Waals surface area contributed by atoms with Gasteiger partial charge in [-0.25, -0.2) is 0 Å². The predicted octanol–water partition coefficient (Wildman–Crippen LogP) is 3.79.